The van der Waals surface area contributed by atoms with E-state index in [0.29, 0.717) is 18.5 Å². The summed E-state index contributed by atoms with van der Waals surface area (Å²) >= 11 is 1.86. The molecule has 2 aliphatic rings. The molecule has 31 heavy (non-hydrogen) atoms. The number of likely N-dealkylation sites (tertiary alicyclic amines) is 1. The Morgan fingerprint density at radius 2 is 2.10 bits per heavy atom. The van der Waals surface area contributed by atoms with Gasteiger partial charge in [0.25, 0.3) is 0 Å². The number of nitrogens with zero attached hydrogens (tertiary/aromatic N) is 5. The standard InChI is InChI=1S/C22H35N7OS/c1-16-26-27-20(29(16)3)15-25-22(24-14-18-8-5-11-30-18)23-13-17-7-4-10-28(2)21(17)19-9-6-12-31-19/h6,9,12,17-18,21H,4-5,7-8,10-11,13-15H2,1-3H3,(H2,23,24,25). The summed E-state index contributed by atoms with van der Waals surface area (Å²) in [6.45, 7) is 6.14. The van der Waals surface area contributed by atoms with Gasteiger partial charge in [0.15, 0.2) is 11.8 Å². The van der Waals surface area contributed by atoms with Crippen LogP contribution in [0, 0.1) is 12.8 Å². The second-order valence-corrected chi connectivity index (χ2v) is 9.61. The number of thiophene rings is 1. The predicted octanol–water partition coefficient (Wildman–Crippen LogP) is 2.48. The van der Waals surface area contributed by atoms with Crippen LogP contribution in [0.3, 0.4) is 0 Å². The molecular weight excluding hydrogens is 410 g/mol. The molecule has 2 aromatic rings. The average molecular weight is 446 g/mol. The molecule has 3 unspecified atom stereocenters. The fraction of sp³-hybridized carbons (Fsp3) is 0.682. The Labute approximate surface area is 189 Å². The topological polar surface area (TPSA) is 79.6 Å². The molecule has 0 amide bonds. The molecular formula is C22H35N7OS. The van der Waals surface area contributed by atoms with Gasteiger partial charge in [-0.1, -0.05) is 6.07 Å². The molecule has 2 aromatic heterocycles. The van der Waals surface area contributed by atoms with Crippen LogP contribution in [0.4, 0.5) is 0 Å². The van der Waals surface area contributed by atoms with E-state index in [2.05, 4.69) is 50.3 Å². The normalized spacial score (nSPS) is 25.1. The molecule has 3 atom stereocenters. The third-order valence-corrected chi connectivity index (χ3v) is 7.40. The molecule has 2 aliphatic heterocycles. The number of hydrogen-bond donors (Lipinski definition) is 2. The van der Waals surface area contributed by atoms with Crippen molar-refractivity contribution in [3.8, 4) is 0 Å². The van der Waals surface area contributed by atoms with Gasteiger partial charge in [0.1, 0.15) is 12.4 Å². The Hall–Kier alpha value is -1.97. The van der Waals surface area contributed by atoms with Crippen LogP contribution in [-0.4, -0.2) is 65.0 Å². The maximum Gasteiger partial charge on any atom is 0.191 e. The summed E-state index contributed by atoms with van der Waals surface area (Å²) in [5, 5.41) is 17.7. The molecule has 8 nitrogen and oxygen atoms in total. The summed E-state index contributed by atoms with van der Waals surface area (Å²) in [4.78, 5) is 8.78. The van der Waals surface area contributed by atoms with Crippen molar-refractivity contribution in [3.63, 3.8) is 0 Å². The molecule has 4 rings (SSSR count). The first-order valence-corrected chi connectivity index (χ1v) is 12.2. The van der Waals surface area contributed by atoms with Gasteiger partial charge in [-0.3, -0.25) is 4.90 Å². The molecule has 2 fully saturated rings. The fourth-order valence-electron chi connectivity index (χ4n) is 4.54. The molecule has 0 aromatic carbocycles. The Bertz CT molecular complexity index is 844. The van der Waals surface area contributed by atoms with Crippen LogP contribution in [0.15, 0.2) is 22.5 Å². The Morgan fingerprint density at radius 1 is 1.23 bits per heavy atom. The van der Waals surface area contributed by atoms with Gasteiger partial charge in [-0.25, -0.2) is 4.99 Å². The van der Waals surface area contributed by atoms with Crippen LogP contribution in [0.25, 0.3) is 0 Å². The lowest BCUT2D eigenvalue weighted by atomic mass is 9.88. The second-order valence-electron chi connectivity index (χ2n) is 8.63. The van der Waals surface area contributed by atoms with Crippen LogP contribution < -0.4 is 10.6 Å². The van der Waals surface area contributed by atoms with E-state index < -0.39 is 0 Å². The van der Waals surface area contributed by atoms with Crippen LogP contribution in [0.5, 0.6) is 0 Å². The van der Waals surface area contributed by atoms with Gasteiger partial charge in [0.05, 0.1) is 6.10 Å². The van der Waals surface area contributed by atoms with Gasteiger partial charge in [-0.05, 0) is 63.6 Å². The third kappa shape index (κ3) is 5.64. The SMILES string of the molecule is Cc1nnc(CN=C(NCC2CCCO2)NCC2CCCN(C)C2c2cccs2)n1C. The van der Waals surface area contributed by atoms with Crippen molar-refractivity contribution >= 4 is 17.3 Å². The highest BCUT2D eigenvalue weighted by molar-refractivity contribution is 7.10. The maximum absolute atomic E-state index is 5.79. The third-order valence-electron chi connectivity index (χ3n) is 6.46. The van der Waals surface area contributed by atoms with Crippen LogP contribution in [0.1, 0.15) is 48.3 Å². The number of hydrogen-bond acceptors (Lipinski definition) is 6. The molecule has 0 aliphatic carbocycles. The first kappa shape index (κ1) is 22.2. The van der Waals surface area contributed by atoms with Gasteiger partial charge in [0, 0.05) is 37.7 Å². The van der Waals surface area contributed by atoms with E-state index >= 15 is 0 Å². The van der Waals surface area contributed by atoms with Gasteiger partial charge >= 0.3 is 0 Å². The smallest absolute Gasteiger partial charge is 0.191 e. The first-order valence-electron chi connectivity index (χ1n) is 11.3. The molecule has 0 spiro atoms. The molecule has 9 heteroatoms. The summed E-state index contributed by atoms with van der Waals surface area (Å²) in [6.07, 6.45) is 4.97. The highest BCUT2D eigenvalue weighted by Crippen LogP contribution is 2.36. The number of aliphatic imine (C=N–C) groups is 1. The summed E-state index contributed by atoms with van der Waals surface area (Å²) in [5.41, 5.74) is 0. The minimum atomic E-state index is 0.267. The van der Waals surface area contributed by atoms with E-state index in [0.717, 1.165) is 56.7 Å². The summed E-state index contributed by atoms with van der Waals surface area (Å²) < 4.78 is 7.78. The van der Waals surface area contributed by atoms with Crippen molar-refractivity contribution in [2.45, 2.75) is 51.3 Å². The lowest BCUT2D eigenvalue weighted by Crippen LogP contribution is -2.46. The van der Waals surface area contributed by atoms with Crippen molar-refractivity contribution in [3.05, 3.63) is 34.0 Å². The quantitative estimate of drug-likeness (QED) is 0.504. The van der Waals surface area contributed by atoms with Gasteiger partial charge in [-0.15, -0.1) is 21.5 Å². The number of ether oxygens (including phenoxy) is 1. The van der Waals surface area contributed by atoms with Crippen molar-refractivity contribution in [1.29, 1.82) is 0 Å². The number of guanidine groups is 1. The monoisotopic (exact) mass is 445 g/mol. The number of nitrogens with one attached hydrogen (secondary N) is 2. The maximum atomic E-state index is 5.79. The molecule has 0 bridgehead atoms. The number of piperidine rings is 1. The second kappa shape index (κ2) is 10.6. The fourth-order valence-corrected chi connectivity index (χ4v) is 5.52. The summed E-state index contributed by atoms with van der Waals surface area (Å²) in [5.74, 6) is 3.14. The molecule has 0 saturated carbocycles. The lowest BCUT2D eigenvalue weighted by Gasteiger charge is -2.39. The van der Waals surface area contributed by atoms with Crippen LogP contribution in [-0.2, 0) is 18.3 Å². The molecule has 170 valence electrons. The van der Waals surface area contributed by atoms with E-state index in [1.54, 1.807) is 0 Å². The van der Waals surface area contributed by atoms with E-state index in [1.807, 2.05) is 29.9 Å². The van der Waals surface area contributed by atoms with Gasteiger partial charge < -0.3 is 19.9 Å². The molecule has 2 N–H and O–H groups in total. The lowest BCUT2D eigenvalue weighted by molar-refractivity contribution is 0.113. The first-order chi connectivity index (χ1) is 15.1. The minimum absolute atomic E-state index is 0.267. The largest absolute Gasteiger partial charge is 0.376 e. The Balaban J connectivity index is 1.42. The minimum Gasteiger partial charge on any atom is -0.376 e. The van der Waals surface area contributed by atoms with E-state index in [-0.39, 0.29) is 6.10 Å². The molecule has 0 radical (unpaired) electrons. The number of aromatic nitrogens is 3. The Kier molecular flexibility index (Phi) is 7.58. The summed E-state index contributed by atoms with van der Waals surface area (Å²) in [6, 6.07) is 4.89. The van der Waals surface area contributed by atoms with E-state index in [9.17, 15) is 0 Å². The average Bonchev–Trinajstić information content (AvgIpc) is 3.53. The zero-order valence-electron chi connectivity index (χ0n) is 18.9. The zero-order chi connectivity index (χ0) is 21.6. The molecule has 2 saturated heterocycles. The van der Waals surface area contributed by atoms with Gasteiger partial charge in [0.2, 0.25) is 0 Å². The highest BCUT2D eigenvalue weighted by Gasteiger charge is 2.31. The number of aryl methyl sites for hydroxylation is 1. The van der Waals surface area contributed by atoms with Crippen molar-refractivity contribution < 1.29 is 4.74 Å². The van der Waals surface area contributed by atoms with Crippen LogP contribution >= 0.6 is 11.3 Å². The van der Waals surface area contributed by atoms with Gasteiger partial charge in [-0.2, -0.15) is 0 Å². The summed E-state index contributed by atoms with van der Waals surface area (Å²) in [7, 11) is 4.23. The van der Waals surface area contributed by atoms with E-state index in [1.165, 1.54) is 17.7 Å². The van der Waals surface area contributed by atoms with Crippen molar-refractivity contribution in [2.75, 3.05) is 33.3 Å². The van der Waals surface area contributed by atoms with E-state index in [4.69, 9.17) is 9.73 Å². The molecule has 4 heterocycles. The van der Waals surface area contributed by atoms with Crippen LogP contribution in [0.2, 0.25) is 0 Å². The predicted molar refractivity (Wildman–Crippen MR) is 124 cm³/mol. The van der Waals surface area contributed by atoms with Crippen molar-refractivity contribution in [2.24, 2.45) is 18.0 Å². The Morgan fingerprint density at radius 3 is 2.81 bits per heavy atom. The van der Waals surface area contributed by atoms with Crippen molar-refractivity contribution in [1.82, 2.24) is 30.3 Å². The highest BCUT2D eigenvalue weighted by atomic mass is 32.1. The zero-order valence-corrected chi connectivity index (χ0v) is 19.7. The number of rotatable bonds is 7.